The van der Waals surface area contributed by atoms with Gasteiger partial charge in [0.05, 0.1) is 11.7 Å². The topological polar surface area (TPSA) is 87.6 Å². The number of pyridine rings is 1. The summed E-state index contributed by atoms with van der Waals surface area (Å²) in [6.07, 6.45) is 5.20. The summed E-state index contributed by atoms with van der Waals surface area (Å²) in [5.74, 6) is -0.338. The van der Waals surface area contributed by atoms with Crippen LogP contribution in [0.2, 0.25) is 0 Å². The van der Waals surface area contributed by atoms with Crippen molar-refractivity contribution in [2.24, 2.45) is 0 Å². The second-order valence-corrected chi connectivity index (χ2v) is 6.52. The Labute approximate surface area is 149 Å². The number of hydrogen-bond donors (Lipinski definition) is 1. The minimum absolute atomic E-state index is 0.338. The molecule has 2 unspecified atom stereocenters. The number of aromatic nitrogens is 4. The third kappa shape index (κ3) is 2.74. The van der Waals surface area contributed by atoms with Crippen molar-refractivity contribution in [1.82, 2.24) is 19.7 Å². The standard InChI is InChI=1S/C19H16FN5O/c20-15-4-2-14(3-5-15)17(25-12-22-11-24-25)18(26)19(7-8-19)16-6-1-13(9-21)10-23-16/h1-6,10-12,17-18,26H,7-8H2. The summed E-state index contributed by atoms with van der Waals surface area (Å²) in [5.41, 5.74) is 1.45. The molecule has 130 valence electrons. The van der Waals surface area contributed by atoms with Crippen molar-refractivity contribution in [3.8, 4) is 6.07 Å². The first kappa shape index (κ1) is 16.4. The number of benzene rings is 1. The molecule has 1 aliphatic carbocycles. The van der Waals surface area contributed by atoms with E-state index in [1.54, 1.807) is 35.3 Å². The molecule has 7 heteroatoms. The predicted molar refractivity (Wildman–Crippen MR) is 90.4 cm³/mol. The van der Waals surface area contributed by atoms with E-state index < -0.39 is 17.6 Å². The smallest absolute Gasteiger partial charge is 0.137 e. The highest BCUT2D eigenvalue weighted by Gasteiger charge is 2.54. The lowest BCUT2D eigenvalue weighted by molar-refractivity contribution is 0.0838. The van der Waals surface area contributed by atoms with E-state index in [4.69, 9.17) is 5.26 Å². The molecule has 0 bridgehead atoms. The van der Waals surface area contributed by atoms with Crippen LogP contribution in [0.15, 0.2) is 55.2 Å². The minimum Gasteiger partial charge on any atom is -0.390 e. The van der Waals surface area contributed by atoms with E-state index in [-0.39, 0.29) is 5.82 Å². The van der Waals surface area contributed by atoms with E-state index in [2.05, 4.69) is 15.1 Å². The Morgan fingerprint density at radius 2 is 1.96 bits per heavy atom. The van der Waals surface area contributed by atoms with Gasteiger partial charge in [0.25, 0.3) is 0 Å². The summed E-state index contributed by atoms with van der Waals surface area (Å²) in [5, 5.41) is 24.4. The van der Waals surface area contributed by atoms with E-state index in [1.807, 2.05) is 6.07 Å². The van der Waals surface area contributed by atoms with Crippen LogP contribution in [0.1, 0.15) is 35.7 Å². The minimum atomic E-state index is -0.824. The Morgan fingerprint density at radius 3 is 2.50 bits per heavy atom. The van der Waals surface area contributed by atoms with Gasteiger partial charge < -0.3 is 5.11 Å². The van der Waals surface area contributed by atoms with Gasteiger partial charge in [-0.05, 0) is 42.7 Å². The van der Waals surface area contributed by atoms with Crippen LogP contribution in [0.3, 0.4) is 0 Å². The lowest BCUT2D eigenvalue weighted by Gasteiger charge is -2.30. The molecule has 1 fully saturated rings. The quantitative estimate of drug-likeness (QED) is 0.764. The monoisotopic (exact) mass is 349 g/mol. The highest BCUT2D eigenvalue weighted by atomic mass is 19.1. The number of aliphatic hydroxyl groups excluding tert-OH is 1. The van der Waals surface area contributed by atoms with E-state index in [1.165, 1.54) is 24.7 Å². The molecule has 2 atom stereocenters. The van der Waals surface area contributed by atoms with Crippen molar-refractivity contribution >= 4 is 0 Å². The van der Waals surface area contributed by atoms with Gasteiger partial charge in [0, 0.05) is 17.3 Å². The van der Waals surface area contributed by atoms with Crippen LogP contribution >= 0.6 is 0 Å². The van der Waals surface area contributed by atoms with Crippen LogP contribution in [0.25, 0.3) is 0 Å². The summed E-state index contributed by atoms with van der Waals surface area (Å²) >= 11 is 0. The van der Waals surface area contributed by atoms with Gasteiger partial charge in [0.2, 0.25) is 0 Å². The summed E-state index contributed by atoms with van der Waals surface area (Å²) in [6.45, 7) is 0. The molecule has 0 spiro atoms. The van der Waals surface area contributed by atoms with Gasteiger partial charge in [-0.25, -0.2) is 14.1 Å². The Kier molecular flexibility index (Phi) is 3.98. The van der Waals surface area contributed by atoms with E-state index >= 15 is 0 Å². The van der Waals surface area contributed by atoms with Crippen LogP contribution in [0.4, 0.5) is 4.39 Å². The molecule has 6 nitrogen and oxygen atoms in total. The first-order valence-corrected chi connectivity index (χ1v) is 8.28. The lowest BCUT2D eigenvalue weighted by atomic mass is 9.86. The van der Waals surface area contributed by atoms with E-state index in [9.17, 15) is 9.50 Å². The van der Waals surface area contributed by atoms with Gasteiger partial charge >= 0.3 is 0 Å². The van der Waals surface area contributed by atoms with Crippen LogP contribution < -0.4 is 0 Å². The third-order valence-corrected chi connectivity index (χ3v) is 4.99. The van der Waals surface area contributed by atoms with Gasteiger partial charge in [0.1, 0.15) is 30.6 Å². The Morgan fingerprint density at radius 1 is 1.19 bits per heavy atom. The molecule has 1 aliphatic rings. The highest BCUT2D eigenvalue weighted by Crippen LogP contribution is 2.53. The molecule has 0 amide bonds. The van der Waals surface area contributed by atoms with Crippen molar-refractivity contribution in [2.45, 2.75) is 30.4 Å². The molecule has 1 aromatic carbocycles. The van der Waals surface area contributed by atoms with Crippen molar-refractivity contribution in [3.05, 3.63) is 77.9 Å². The van der Waals surface area contributed by atoms with Gasteiger partial charge in [-0.1, -0.05) is 12.1 Å². The molecular weight excluding hydrogens is 333 g/mol. The maximum atomic E-state index is 13.3. The molecule has 26 heavy (non-hydrogen) atoms. The second-order valence-electron chi connectivity index (χ2n) is 6.52. The number of nitrogens with zero attached hydrogens (tertiary/aromatic N) is 5. The van der Waals surface area contributed by atoms with Crippen molar-refractivity contribution < 1.29 is 9.50 Å². The molecular formula is C19H16FN5O. The summed E-state index contributed by atoms with van der Waals surface area (Å²) in [4.78, 5) is 8.37. The molecule has 4 rings (SSSR count). The number of hydrogen-bond acceptors (Lipinski definition) is 5. The fourth-order valence-electron chi connectivity index (χ4n) is 3.40. The van der Waals surface area contributed by atoms with Gasteiger partial charge in [-0.2, -0.15) is 10.4 Å². The molecule has 3 aromatic rings. The van der Waals surface area contributed by atoms with Crippen LogP contribution in [0.5, 0.6) is 0 Å². The molecule has 1 saturated carbocycles. The summed E-state index contributed by atoms with van der Waals surface area (Å²) in [7, 11) is 0. The third-order valence-electron chi connectivity index (χ3n) is 4.99. The fraction of sp³-hybridized carbons (Fsp3) is 0.263. The number of nitriles is 1. The predicted octanol–water partition coefficient (Wildman–Crippen LogP) is 2.37. The first-order chi connectivity index (χ1) is 12.6. The van der Waals surface area contributed by atoms with Crippen LogP contribution in [-0.4, -0.2) is 31.0 Å². The maximum Gasteiger partial charge on any atom is 0.137 e. The van der Waals surface area contributed by atoms with Gasteiger partial charge in [-0.15, -0.1) is 0 Å². The lowest BCUT2D eigenvalue weighted by Crippen LogP contribution is -2.37. The zero-order valence-corrected chi connectivity index (χ0v) is 13.8. The highest BCUT2D eigenvalue weighted by molar-refractivity contribution is 5.35. The zero-order chi connectivity index (χ0) is 18.1. The zero-order valence-electron chi connectivity index (χ0n) is 13.8. The number of aliphatic hydroxyl groups is 1. The van der Waals surface area contributed by atoms with Crippen molar-refractivity contribution in [3.63, 3.8) is 0 Å². The number of halogens is 1. The summed E-state index contributed by atoms with van der Waals surface area (Å²) in [6, 6.07) is 11.1. The van der Waals surface area contributed by atoms with E-state index in [0.717, 1.165) is 24.1 Å². The maximum absolute atomic E-state index is 13.3. The SMILES string of the molecule is N#Cc1ccc(C2(C(O)C(c3ccc(F)cc3)n3cncn3)CC2)nc1. The fourth-order valence-corrected chi connectivity index (χ4v) is 3.40. The molecule has 0 aliphatic heterocycles. The molecule has 1 N–H and O–H groups in total. The molecule has 2 heterocycles. The Balaban J connectivity index is 1.73. The Hall–Kier alpha value is -3.11. The molecule has 0 radical (unpaired) electrons. The summed E-state index contributed by atoms with van der Waals surface area (Å²) < 4.78 is 14.9. The van der Waals surface area contributed by atoms with E-state index in [0.29, 0.717) is 5.56 Å². The average Bonchev–Trinajstić information content (AvgIpc) is 3.32. The first-order valence-electron chi connectivity index (χ1n) is 8.28. The van der Waals surface area contributed by atoms with Gasteiger partial charge in [-0.3, -0.25) is 4.98 Å². The molecule has 0 saturated heterocycles. The normalized spacial score (nSPS) is 17.3. The average molecular weight is 349 g/mol. The second kappa shape index (κ2) is 6.32. The molecule has 2 aromatic heterocycles. The largest absolute Gasteiger partial charge is 0.390 e. The van der Waals surface area contributed by atoms with Crippen molar-refractivity contribution in [2.75, 3.05) is 0 Å². The van der Waals surface area contributed by atoms with Crippen LogP contribution in [-0.2, 0) is 5.41 Å². The Bertz CT molecular complexity index is 928. The van der Waals surface area contributed by atoms with Crippen molar-refractivity contribution in [1.29, 1.82) is 5.26 Å². The van der Waals surface area contributed by atoms with Crippen LogP contribution in [0, 0.1) is 17.1 Å². The number of rotatable bonds is 5. The van der Waals surface area contributed by atoms with Gasteiger partial charge in [0.15, 0.2) is 0 Å².